The van der Waals surface area contributed by atoms with Crippen molar-refractivity contribution in [3.63, 3.8) is 0 Å². The molecule has 1 heteroatoms. The lowest BCUT2D eigenvalue weighted by Gasteiger charge is -1.64. The minimum Gasteiger partial charge on any atom is -0.133 e. The second kappa shape index (κ2) is 4.09. The molecule has 0 saturated carbocycles. The highest BCUT2D eigenvalue weighted by Crippen LogP contribution is 1.92. The second-order valence-electron chi connectivity index (χ2n) is 0.573. The summed E-state index contributed by atoms with van der Waals surface area (Å²) in [4.78, 5) is 0. The predicted octanol–water partition coefficient (Wildman–Crippen LogP) is 1.85. The molecule has 0 aliphatic heterocycles. The van der Waals surface area contributed by atoms with Crippen LogP contribution in [-0.2, 0) is 0 Å². The summed E-state index contributed by atoms with van der Waals surface area (Å²) < 4.78 is 0. The Hall–Kier alpha value is 0.0900. The van der Waals surface area contributed by atoms with Gasteiger partial charge in [-0.15, -0.1) is 11.8 Å². The van der Waals surface area contributed by atoms with E-state index in [1.54, 1.807) is 5.41 Å². The van der Waals surface area contributed by atoms with Crippen molar-refractivity contribution in [3.8, 4) is 0 Å². The van der Waals surface area contributed by atoms with Gasteiger partial charge in [0.1, 0.15) is 0 Å². The Morgan fingerprint density at radius 2 is 2.60 bits per heavy atom. The normalized spacial score (nSPS) is 10.0. The van der Waals surface area contributed by atoms with Gasteiger partial charge in [-0.05, 0) is 18.4 Å². The van der Waals surface area contributed by atoms with Gasteiger partial charge in [0, 0.05) is 6.26 Å². The Balaban J connectivity index is 2.62. The molecule has 0 N–H and O–H groups in total. The van der Waals surface area contributed by atoms with E-state index in [1.807, 2.05) is 6.92 Å². The molecule has 28 valence electrons. The van der Waals surface area contributed by atoms with Crippen molar-refractivity contribution in [2.45, 2.75) is 6.92 Å². The van der Waals surface area contributed by atoms with Gasteiger partial charge in [-0.3, -0.25) is 0 Å². The first-order chi connectivity index (χ1) is 2.41. The summed E-state index contributed by atoms with van der Waals surface area (Å²) in [5.74, 6) is 0. The van der Waals surface area contributed by atoms with Crippen molar-refractivity contribution < 1.29 is 0 Å². The molecule has 0 rings (SSSR count). The molecule has 0 amide bonds. The van der Waals surface area contributed by atoms with Crippen LogP contribution in [0.4, 0.5) is 0 Å². The molecule has 0 aromatic carbocycles. The van der Waals surface area contributed by atoms with Crippen LogP contribution < -0.4 is 0 Å². The molecule has 0 fully saturated rings. The molecule has 0 bridgehead atoms. The first-order valence-electron chi connectivity index (χ1n) is 1.31. The van der Waals surface area contributed by atoms with Gasteiger partial charge in [0.2, 0.25) is 0 Å². The Morgan fingerprint density at radius 3 is 2.60 bits per heavy atom. The first kappa shape index (κ1) is 5.09. The molecular weight excluding hydrogens is 80.1 g/mol. The summed E-state index contributed by atoms with van der Waals surface area (Å²) >= 11 is 1.42. The number of allylic oxidation sites excluding steroid dienone is 1. The van der Waals surface area contributed by atoms with E-state index in [0.29, 0.717) is 0 Å². The monoisotopic (exact) mass is 86.0 g/mol. The maximum Gasteiger partial charge on any atom is 0.00685 e. The average molecular weight is 86.2 g/mol. The summed E-state index contributed by atoms with van der Waals surface area (Å²) in [5.41, 5.74) is 0. The SMILES string of the molecule is [CH2]S/C=[C]/C. The highest BCUT2D eigenvalue weighted by Gasteiger charge is 1.52. The third-order valence-corrected chi connectivity index (χ3v) is 0.604. The van der Waals surface area contributed by atoms with Gasteiger partial charge in [-0.1, -0.05) is 0 Å². The topological polar surface area (TPSA) is 0 Å². The molecular formula is C4H6S. The van der Waals surface area contributed by atoms with Crippen LogP contribution in [0.15, 0.2) is 5.41 Å². The summed E-state index contributed by atoms with van der Waals surface area (Å²) in [7, 11) is 0. The summed E-state index contributed by atoms with van der Waals surface area (Å²) in [6.45, 7) is 1.85. The van der Waals surface area contributed by atoms with E-state index in [9.17, 15) is 0 Å². The molecule has 0 atom stereocenters. The minimum atomic E-state index is 1.42. The fourth-order valence-electron chi connectivity index (χ4n) is 0.0833. The molecule has 0 aliphatic rings. The van der Waals surface area contributed by atoms with Gasteiger partial charge in [0.25, 0.3) is 0 Å². The lowest BCUT2D eigenvalue weighted by atomic mass is 10.8. The fraction of sp³-hybridized carbons (Fsp3) is 0.250. The zero-order valence-electron chi connectivity index (χ0n) is 3.19. The second-order valence-corrected chi connectivity index (χ2v) is 1.14. The standard InChI is InChI=1S/C4H6S/c1-3-4-5-2/h4H,2H2,1H3. The Morgan fingerprint density at radius 1 is 2.00 bits per heavy atom. The number of rotatable bonds is 1. The highest BCUT2D eigenvalue weighted by molar-refractivity contribution is 8.03. The smallest absolute Gasteiger partial charge is 0.00685 e. The molecule has 2 radical (unpaired) electrons. The van der Waals surface area contributed by atoms with Crippen molar-refractivity contribution in [1.29, 1.82) is 0 Å². The molecule has 0 heterocycles. The van der Waals surface area contributed by atoms with Gasteiger partial charge in [0.15, 0.2) is 0 Å². The van der Waals surface area contributed by atoms with Gasteiger partial charge in [-0.2, -0.15) is 0 Å². The van der Waals surface area contributed by atoms with Gasteiger partial charge >= 0.3 is 0 Å². The van der Waals surface area contributed by atoms with E-state index in [-0.39, 0.29) is 0 Å². The van der Waals surface area contributed by atoms with Gasteiger partial charge < -0.3 is 0 Å². The van der Waals surface area contributed by atoms with Crippen LogP contribution in [0.5, 0.6) is 0 Å². The van der Waals surface area contributed by atoms with Crippen LogP contribution in [0.2, 0.25) is 0 Å². The van der Waals surface area contributed by atoms with Crippen molar-refractivity contribution in [3.05, 3.63) is 17.7 Å². The molecule has 0 unspecified atom stereocenters. The molecule has 0 spiro atoms. The van der Waals surface area contributed by atoms with E-state index in [0.717, 1.165) is 0 Å². The van der Waals surface area contributed by atoms with E-state index in [4.69, 9.17) is 0 Å². The zero-order valence-corrected chi connectivity index (χ0v) is 4.01. The van der Waals surface area contributed by atoms with Crippen molar-refractivity contribution in [1.82, 2.24) is 0 Å². The third kappa shape index (κ3) is 4.09. The van der Waals surface area contributed by atoms with Gasteiger partial charge in [0.05, 0.1) is 0 Å². The van der Waals surface area contributed by atoms with Crippen LogP contribution in [0, 0.1) is 12.3 Å². The van der Waals surface area contributed by atoms with Crippen molar-refractivity contribution in [2.24, 2.45) is 0 Å². The van der Waals surface area contributed by atoms with Crippen molar-refractivity contribution >= 4 is 11.8 Å². The Kier molecular flexibility index (Phi) is 4.16. The summed E-state index contributed by atoms with van der Waals surface area (Å²) in [6, 6.07) is 0. The van der Waals surface area contributed by atoms with Crippen LogP contribution in [0.1, 0.15) is 6.92 Å². The molecule has 0 aromatic rings. The average Bonchev–Trinajstić information content (AvgIpc) is 1.41. The minimum absolute atomic E-state index is 1.42. The van der Waals surface area contributed by atoms with E-state index in [2.05, 4.69) is 12.3 Å². The predicted molar refractivity (Wildman–Crippen MR) is 26.4 cm³/mol. The molecule has 0 aliphatic carbocycles. The Bertz CT molecular complexity index is 30.6. The van der Waals surface area contributed by atoms with E-state index < -0.39 is 0 Å². The number of thioether (sulfide) groups is 1. The Labute approximate surface area is 37.3 Å². The lowest BCUT2D eigenvalue weighted by molar-refractivity contribution is 1.70. The van der Waals surface area contributed by atoms with Crippen molar-refractivity contribution in [2.75, 3.05) is 0 Å². The van der Waals surface area contributed by atoms with E-state index in [1.165, 1.54) is 11.8 Å². The summed E-state index contributed by atoms with van der Waals surface area (Å²) in [5, 5.41) is 1.81. The highest BCUT2D eigenvalue weighted by atomic mass is 32.2. The van der Waals surface area contributed by atoms with Crippen LogP contribution in [0.3, 0.4) is 0 Å². The maximum atomic E-state index is 3.47. The number of hydrogen-bond acceptors (Lipinski definition) is 1. The molecule has 0 saturated heterocycles. The number of hydrogen-bond donors (Lipinski definition) is 0. The third-order valence-electron chi connectivity index (χ3n) is 0.201. The molecule has 0 aromatic heterocycles. The molecule has 0 nitrogen and oxygen atoms in total. The van der Waals surface area contributed by atoms with Crippen LogP contribution in [0.25, 0.3) is 0 Å². The largest absolute Gasteiger partial charge is 0.133 e. The van der Waals surface area contributed by atoms with Crippen LogP contribution in [-0.4, -0.2) is 0 Å². The fourth-order valence-corrected chi connectivity index (χ4v) is 0.250. The van der Waals surface area contributed by atoms with E-state index >= 15 is 0 Å². The lowest BCUT2D eigenvalue weighted by Crippen LogP contribution is -1.32. The quantitative estimate of drug-likeness (QED) is 0.469. The van der Waals surface area contributed by atoms with Gasteiger partial charge in [-0.25, -0.2) is 0 Å². The first-order valence-corrected chi connectivity index (χ1v) is 2.36. The zero-order chi connectivity index (χ0) is 4.12. The molecule has 5 heavy (non-hydrogen) atoms. The maximum absolute atomic E-state index is 3.47. The summed E-state index contributed by atoms with van der Waals surface area (Å²) in [6.07, 6.45) is 6.27. The van der Waals surface area contributed by atoms with Crippen LogP contribution >= 0.6 is 11.8 Å².